The van der Waals surface area contributed by atoms with Crippen LogP contribution >= 0.6 is 0 Å². The highest BCUT2D eigenvalue weighted by molar-refractivity contribution is 5.84. The molecule has 0 N–H and O–H groups in total. The average molecular weight is 346 g/mol. The predicted molar refractivity (Wildman–Crippen MR) is 97.5 cm³/mol. The highest BCUT2D eigenvalue weighted by atomic mass is 16.5. The number of hydrogen-bond donors (Lipinski definition) is 0. The predicted octanol–water partition coefficient (Wildman–Crippen LogP) is 1.61. The van der Waals surface area contributed by atoms with E-state index < -0.39 is 0 Å². The van der Waals surface area contributed by atoms with Crippen LogP contribution in [0.25, 0.3) is 0 Å². The van der Waals surface area contributed by atoms with Crippen molar-refractivity contribution in [1.82, 2.24) is 19.7 Å². The van der Waals surface area contributed by atoms with Crippen LogP contribution in [0.1, 0.15) is 32.4 Å². The number of carbonyl (C=O) groups is 1. The first kappa shape index (κ1) is 18.1. The Morgan fingerprint density at radius 2 is 2.12 bits per heavy atom. The van der Waals surface area contributed by atoms with E-state index in [1.807, 2.05) is 37.3 Å². The molecule has 2 fully saturated rings. The Balaban J connectivity index is 1.56. The van der Waals surface area contributed by atoms with E-state index in [1.165, 1.54) is 0 Å². The minimum atomic E-state index is 0.0396. The van der Waals surface area contributed by atoms with E-state index in [2.05, 4.69) is 28.6 Å². The molecular formula is C19H30N4O2. The van der Waals surface area contributed by atoms with Crippen LogP contribution in [0.5, 0.6) is 5.75 Å². The molecule has 6 nitrogen and oxygen atoms in total. The summed E-state index contributed by atoms with van der Waals surface area (Å²) < 4.78 is 6.17. The fourth-order valence-corrected chi connectivity index (χ4v) is 3.80. The number of nitrogens with zero attached hydrogens (tertiary/aromatic N) is 4. The topological polar surface area (TPSA) is 48.9 Å². The van der Waals surface area contributed by atoms with E-state index in [0.29, 0.717) is 6.04 Å². The van der Waals surface area contributed by atoms with Gasteiger partial charge < -0.3 is 14.5 Å². The van der Waals surface area contributed by atoms with Gasteiger partial charge in [-0.25, -0.2) is 0 Å². The zero-order valence-electron chi connectivity index (χ0n) is 15.8. The molecule has 0 aliphatic carbocycles. The fraction of sp³-hybridized carbons (Fsp3) is 0.684. The van der Waals surface area contributed by atoms with Crippen LogP contribution in [-0.2, 0) is 11.3 Å². The summed E-state index contributed by atoms with van der Waals surface area (Å²) in [7, 11) is 4.06. The molecule has 25 heavy (non-hydrogen) atoms. The molecule has 2 saturated heterocycles. The van der Waals surface area contributed by atoms with Crippen molar-refractivity contribution in [2.75, 3.05) is 33.7 Å². The summed E-state index contributed by atoms with van der Waals surface area (Å²) in [6.07, 6.45) is 3.86. The first-order valence-corrected chi connectivity index (χ1v) is 9.25. The molecule has 2 unspecified atom stereocenters. The van der Waals surface area contributed by atoms with Crippen LogP contribution < -0.4 is 4.74 Å². The molecule has 1 aromatic rings. The Labute approximate surface area is 150 Å². The lowest BCUT2D eigenvalue weighted by Crippen LogP contribution is -2.43. The van der Waals surface area contributed by atoms with Crippen molar-refractivity contribution in [2.45, 2.75) is 51.4 Å². The lowest BCUT2D eigenvalue weighted by atomic mass is 10.2. The third-order valence-electron chi connectivity index (χ3n) is 5.02. The maximum Gasteiger partial charge on any atom is 0.240 e. The molecule has 2 atom stereocenters. The van der Waals surface area contributed by atoms with E-state index in [1.54, 1.807) is 0 Å². The first-order valence-electron chi connectivity index (χ1n) is 9.25. The number of hydrogen-bond acceptors (Lipinski definition) is 5. The van der Waals surface area contributed by atoms with E-state index in [0.717, 1.165) is 50.5 Å². The molecule has 1 amide bonds. The van der Waals surface area contributed by atoms with Crippen LogP contribution in [0.3, 0.4) is 0 Å². The highest BCUT2D eigenvalue weighted by Gasteiger charge is 2.40. The number of amides is 1. The van der Waals surface area contributed by atoms with Crippen LogP contribution in [0, 0.1) is 0 Å². The average Bonchev–Trinajstić information content (AvgIpc) is 3.13. The summed E-state index contributed by atoms with van der Waals surface area (Å²) in [5, 5.41) is 0. The largest absolute Gasteiger partial charge is 0.489 e. The summed E-state index contributed by atoms with van der Waals surface area (Å²) in [5.74, 6) is 1.16. The normalized spacial score (nSPS) is 24.7. The van der Waals surface area contributed by atoms with Crippen molar-refractivity contribution >= 4 is 5.91 Å². The smallest absolute Gasteiger partial charge is 0.240 e. The van der Waals surface area contributed by atoms with Gasteiger partial charge in [-0.2, -0.15) is 0 Å². The van der Waals surface area contributed by atoms with E-state index in [4.69, 9.17) is 4.74 Å². The highest BCUT2D eigenvalue weighted by Crippen LogP contribution is 2.25. The Morgan fingerprint density at radius 3 is 2.80 bits per heavy atom. The Kier molecular flexibility index (Phi) is 5.59. The Bertz CT molecular complexity index is 605. The summed E-state index contributed by atoms with van der Waals surface area (Å²) >= 11 is 0. The summed E-state index contributed by atoms with van der Waals surface area (Å²) in [5.41, 5.74) is 1.01. The van der Waals surface area contributed by atoms with Crippen molar-refractivity contribution in [3.8, 4) is 5.75 Å². The van der Waals surface area contributed by atoms with E-state index >= 15 is 0 Å². The molecule has 1 aromatic heterocycles. The van der Waals surface area contributed by atoms with Gasteiger partial charge in [0.15, 0.2) is 0 Å². The summed E-state index contributed by atoms with van der Waals surface area (Å²) in [6.45, 7) is 7.61. The second-order valence-electron chi connectivity index (χ2n) is 7.67. The molecule has 6 heteroatoms. The number of likely N-dealkylation sites (tertiary alicyclic amines) is 2. The van der Waals surface area contributed by atoms with E-state index in [9.17, 15) is 4.79 Å². The van der Waals surface area contributed by atoms with Gasteiger partial charge in [0.1, 0.15) is 11.9 Å². The number of rotatable bonds is 6. The van der Waals surface area contributed by atoms with Crippen LogP contribution in [0.15, 0.2) is 18.3 Å². The molecule has 3 rings (SSSR count). The molecule has 3 heterocycles. The monoisotopic (exact) mass is 346 g/mol. The Morgan fingerprint density at radius 1 is 1.32 bits per heavy atom. The van der Waals surface area contributed by atoms with Gasteiger partial charge in [0.25, 0.3) is 0 Å². The standard InChI is InChI=1S/C19H30N4O2/c1-14(2)23-10-7-18(19(23)24)22-9-6-17(13-22)25-16-5-8-20-15(11-16)12-21(3)4/h5,8,11,14,17-18H,6-7,9-10,12-13H2,1-4H3. The maximum absolute atomic E-state index is 12.6. The molecule has 0 spiro atoms. The fourth-order valence-electron chi connectivity index (χ4n) is 3.80. The number of carbonyl (C=O) groups excluding carboxylic acids is 1. The van der Waals surface area contributed by atoms with Crippen molar-refractivity contribution in [1.29, 1.82) is 0 Å². The molecule has 2 aliphatic rings. The van der Waals surface area contributed by atoms with Crippen LogP contribution in [-0.4, -0.2) is 77.5 Å². The lowest BCUT2D eigenvalue weighted by Gasteiger charge is -2.25. The third-order valence-corrected chi connectivity index (χ3v) is 5.02. The second kappa shape index (κ2) is 7.70. The van der Waals surface area contributed by atoms with Gasteiger partial charge in [-0.15, -0.1) is 0 Å². The van der Waals surface area contributed by atoms with Gasteiger partial charge in [0, 0.05) is 44.5 Å². The van der Waals surface area contributed by atoms with Crippen LogP contribution in [0.4, 0.5) is 0 Å². The summed E-state index contributed by atoms with van der Waals surface area (Å²) in [4.78, 5) is 23.4. The van der Waals surface area contributed by atoms with Crippen molar-refractivity contribution in [3.63, 3.8) is 0 Å². The van der Waals surface area contributed by atoms with Gasteiger partial charge in [0.2, 0.25) is 5.91 Å². The Hall–Kier alpha value is -1.66. The van der Waals surface area contributed by atoms with Gasteiger partial charge in [-0.05, 0) is 46.9 Å². The van der Waals surface area contributed by atoms with Gasteiger partial charge in [-0.3, -0.25) is 14.7 Å². The molecule has 0 bridgehead atoms. The minimum Gasteiger partial charge on any atom is -0.489 e. The van der Waals surface area contributed by atoms with E-state index in [-0.39, 0.29) is 18.1 Å². The number of aromatic nitrogens is 1. The molecule has 0 aromatic carbocycles. The van der Waals surface area contributed by atoms with Crippen LogP contribution in [0.2, 0.25) is 0 Å². The first-order chi connectivity index (χ1) is 11.9. The van der Waals surface area contributed by atoms with Crippen molar-refractivity contribution in [2.24, 2.45) is 0 Å². The third kappa shape index (κ3) is 4.30. The quantitative estimate of drug-likeness (QED) is 0.783. The van der Waals surface area contributed by atoms with Crippen molar-refractivity contribution < 1.29 is 9.53 Å². The van der Waals surface area contributed by atoms with Gasteiger partial charge in [0.05, 0.1) is 11.7 Å². The van der Waals surface area contributed by atoms with Gasteiger partial charge in [-0.1, -0.05) is 0 Å². The molecule has 138 valence electrons. The summed E-state index contributed by atoms with van der Waals surface area (Å²) in [6, 6.07) is 4.27. The zero-order valence-corrected chi connectivity index (χ0v) is 15.8. The molecule has 2 aliphatic heterocycles. The van der Waals surface area contributed by atoms with Crippen molar-refractivity contribution in [3.05, 3.63) is 24.0 Å². The zero-order chi connectivity index (χ0) is 18.0. The van der Waals surface area contributed by atoms with Gasteiger partial charge >= 0.3 is 0 Å². The lowest BCUT2D eigenvalue weighted by molar-refractivity contribution is -0.133. The number of ether oxygens (including phenoxy) is 1. The molecule has 0 radical (unpaired) electrons. The second-order valence-corrected chi connectivity index (χ2v) is 7.67. The SMILES string of the molecule is CC(C)N1CCC(N2CCC(Oc3ccnc(CN(C)C)c3)C2)C1=O. The molecular weight excluding hydrogens is 316 g/mol. The minimum absolute atomic E-state index is 0.0396. The number of pyridine rings is 1. The molecule has 0 saturated carbocycles. The maximum atomic E-state index is 12.6.